The van der Waals surface area contributed by atoms with Gasteiger partial charge >= 0.3 is 6.09 Å². The smallest absolute Gasteiger partial charge is 0.405 e. The number of fused-ring (bicyclic) bond motifs is 1. The topological polar surface area (TPSA) is 139 Å². The predicted octanol–water partition coefficient (Wildman–Crippen LogP) is 5.55. The first-order valence-electron chi connectivity index (χ1n) is 12.4. The van der Waals surface area contributed by atoms with Gasteiger partial charge in [0.15, 0.2) is 5.82 Å². The van der Waals surface area contributed by atoms with Gasteiger partial charge in [-0.3, -0.25) is 19.4 Å². The number of carboxylic acid groups (broad SMARTS) is 1. The summed E-state index contributed by atoms with van der Waals surface area (Å²) >= 11 is 6.53. The van der Waals surface area contributed by atoms with E-state index in [1.807, 2.05) is 6.07 Å². The van der Waals surface area contributed by atoms with Crippen molar-refractivity contribution in [1.82, 2.24) is 25.1 Å². The zero-order chi connectivity index (χ0) is 30.2. The van der Waals surface area contributed by atoms with Gasteiger partial charge in [0, 0.05) is 54.0 Å². The minimum atomic E-state index is -3.71. The van der Waals surface area contributed by atoms with Crippen LogP contribution in [0.4, 0.5) is 19.4 Å². The normalized spacial score (nSPS) is 12.3. The lowest BCUT2D eigenvalue weighted by Crippen LogP contribution is -2.29. The van der Waals surface area contributed by atoms with Crippen molar-refractivity contribution in [3.05, 3.63) is 95.0 Å². The summed E-state index contributed by atoms with van der Waals surface area (Å²) in [6.07, 6.45) is 4.29. The lowest BCUT2D eigenvalue weighted by Gasteiger charge is -2.21. The molecule has 1 unspecified atom stereocenters. The number of amides is 1. The standard InChI is InChI=1S/C28H23ClF2N6O4S/c1-37-26-20(5-6-22(29)24(26)27(35-37)36-42(2,40)41)21-11-17(16-4-3-7-32-13-16)14-33-25(21)23(34-28(38)39)10-15-8-18(30)12-19(31)9-15/h3-9,11-14,23,34H,10H2,1-2H3,(H,35,36)(H,38,39). The van der Waals surface area contributed by atoms with Gasteiger partial charge in [-0.1, -0.05) is 23.7 Å². The summed E-state index contributed by atoms with van der Waals surface area (Å²) in [6.45, 7) is 0. The van der Waals surface area contributed by atoms with Crippen molar-refractivity contribution in [1.29, 1.82) is 0 Å². The Morgan fingerprint density at radius 3 is 2.45 bits per heavy atom. The van der Waals surface area contributed by atoms with E-state index in [9.17, 15) is 27.1 Å². The molecule has 1 amide bonds. The molecule has 0 aliphatic rings. The molecule has 0 bridgehead atoms. The second kappa shape index (κ2) is 11.3. The van der Waals surface area contributed by atoms with Gasteiger partial charge in [-0.25, -0.2) is 22.0 Å². The van der Waals surface area contributed by atoms with Crippen molar-refractivity contribution in [3.63, 3.8) is 0 Å². The molecule has 1 atom stereocenters. The van der Waals surface area contributed by atoms with Crippen molar-refractivity contribution >= 4 is 44.4 Å². The first kappa shape index (κ1) is 28.9. The van der Waals surface area contributed by atoms with Crippen LogP contribution in [0.1, 0.15) is 17.3 Å². The van der Waals surface area contributed by atoms with E-state index in [1.54, 1.807) is 49.9 Å². The molecule has 0 aliphatic carbocycles. The molecule has 0 saturated carbocycles. The van der Waals surface area contributed by atoms with Crippen molar-refractivity contribution in [2.75, 3.05) is 11.0 Å². The van der Waals surface area contributed by atoms with E-state index in [4.69, 9.17) is 11.6 Å². The monoisotopic (exact) mass is 612 g/mol. The van der Waals surface area contributed by atoms with Crippen LogP contribution in [0.25, 0.3) is 33.2 Å². The number of aromatic nitrogens is 4. The molecule has 0 saturated heterocycles. The molecule has 5 aromatic rings. The quantitative estimate of drug-likeness (QED) is 0.209. The first-order valence-corrected chi connectivity index (χ1v) is 14.6. The Balaban J connectivity index is 1.77. The molecule has 42 heavy (non-hydrogen) atoms. The summed E-state index contributed by atoms with van der Waals surface area (Å²) in [6, 6.07) is 10.5. The molecule has 0 radical (unpaired) electrons. The number of sulfonamides is 1. The van der Waals surface area contributed by atoms with Crippen LogP contribution in [-0.4, -0.2) is 45.6 Å². The van der Waals surface area contributed by atoms with Crippen molar-refractivity contribution in [3.8, 4) is 22.3 Å². The summed E-state index contributed by atoms with van der Waals surface area (Å²) in [7, 11) is -2.10. The Morgan fingerprint density at radius 2 is 1.81 bits per heavy atom. The average molecular weight is 613 g/mol. The molecule has 10 nitrogen and oxygen atoms in total. The Hall–Kier alpha value is -4.62. The lowest BCUT2D eigenvalue weighted by molar-refractivity contribution is 0.189. The fourth-order valence-corrected chi connectivity index (χ4v) is 5.57. The summed E-state index contributed by atoms with van der Waals surface area (Å²) < 4.78 is 56.0. The fraction of sp³-hybridized carbons (Fsp3) is 0.143. The average Bonchev–Trinajstić information content (AvgIpc) is 3.23. The Kier molecular flexibility index (Phi) is 7.80. The van der Waals surface area contributed by atoms with Gasteiger partial charge in [-0.05, 0) is 42.3 Å². The highest BCUT2D eigenvalue weighted by atomic mass is 35.5. The number of aryl methyl sites for hydroxylation is 1. The van der Waals surface area contributed by atoms with Crippen LogP contribution in [0, 0.1) is 11.6 Å². The molecular formula is C28H23ClF2N6O4S. The number of anilines is 1. The minimum absolute atomic E-state index is 0.00946. The van der Waals surface area contributed by atoms with E-state index in [1.165, 1.54) is 4.68 Å². The third-order valence-corrected chi connectivity index (χ3v) is 7.29. The molecular weight excluding hydrogens is 590 g/mol. The summed E-state index contributed by atoms with van der Waals surface area (Å²) in [5.41, 5.74) is 3.21. The molecule has 0 aliphatic heterocycles. The SMILES string of the molecule is Cn1nc(NS(C)(=O)=O)c2c(Cl)ccc(-c3cc(-c4cccnc4)cnc3C(Cc3cc(F)cc(F)c3)NC(=O)O)c21. The Morgan fingerprint density at radius 1 is 1.07 bits per heavy atom. The molecule has 3 aromatic heterocycles. The molecule has 3 N–H and O–H groups in total. The zero-order valence-electron chi connectivity index (χ0n) is 22.1. The van der Waals surface area contributed by atoms with Crippen molar-refractivity contribution in [2.24, 2.45) is 7.05 Å². The summed E-state index contributed by atoms with van der Waals surface area (Å²) in [5, 5.41) is 17.0. The highest BCUT2D eigenvalue weighted by Crippen LogP contribution is 2.40. The minimum Gasteiger partial charge on any atom is -0.465 e. The van der Waals surface area contributed by atoms with Crippen LogP contribution >= 0.6 is 11.6 Å². The van der Waals surface area contributed by atoms with E-state index in [0.29, 0.717) is 27.6 Å². The van der Waals surface area contributed by atoms with Crippen molar-refractivity contribution in [2.45, 2.75) is 12.5 Å². The van der Waals surface area contributed by atoms with Crippen LogP contribution in [0.5, 0.6) is 0 Å². The first-order chi connectivity index (χ1) is 19.9. The van der Waals surface area contributed by atoms with Gasteiger partial charge in [-0.15, -0.1) is 0 Å². The number of rotatable bonds is 8. The maximum atomic E-state index is 14.0. The van der Waals surface area contributed by atoms with Gasteiger partial charge in [0.05, 0.1) is 33.9 Å². The number of pyridine rings is 2. The van der Waals surface area contributed by atoms with Crippen LogP contribution in [-0.2, 0) is 23.5 Å². The number of halogens is 3. The van der Waals surface area contributed by atoms with E-state index in [0.717, 1.165) is 30.0 Å². The van der Waals surface area contributed by atoms with Gasteiger partial charge in [0.1, 0.15) is 11.6 Å². The fourth-order valence-electron chi connectivity index (χ4n) is 4.83. The van der Waals surface area contributed by atoms with Crippen LogP contribution in [0.15, 0.2) is 67.1 Å². The predicted molar refractivity (Wildman–Crippen MR) is 155 cm³/mol. The molecule has 0 spiro atoms. The molecule has 0 fully saturated rings. The van der Waals surface area contributed by atoms with Crippen LogP contribution in [0.2, 0.25) is 5.02 Å². The van der Waals surface area contributed by atoms with E-state index >= 15 is 0 Å². The molecule has 5 rings (SSSR count). The lowest BCUT2D eigenvalue weighted by atomic mass is 9.92. The third kappa shape index (κ3) is 6.16. The number of nitrogens with one attached hydrogen (secondary N) is 2. The number of nitrogens with zero attached hydrogens (tertiary/aromatic N) is 4. The van der Waals surface area contributed by atoms with Gasteiger partial charge in [0.25, 0.3) is 0 Å². The van der Waals surface area contributed by atoms with Gasteiger partial charge in [-0.2, -0.15) is 5.10 Å². The molecule has 3 heterocycles. The van der Waals surface area contributed by atoms with Gasteiger partial charge < -0.3 is 10.4 Å². The maximum absolute atomic E-state index is 14.0. The van der Waals surface area contributed by atoms with E-state index in [-0.39, 0.29) is 28.5 Å². The summed E-state index contributed by atoms with van der Waals surface area (Å²) in [5.74, 6) is -1.60. The van der Waals surface area contributed by atoms with Crippen LogP contribution < -0.4 is 10.0 Å². The summed E-state index contributed by atoms with van der Waals surface area (Å²) in [4.78, 5) is 20.7. The second-order valence-corrected chi connectivity index (χ2v) is 11.7. The zero-order valence-corrected chi connectivity index (χ0v) is 23.7. The number of hydrogen-bond donors (Lipinski definition) is 3. The number of benzene rings is 2. The third-order valence-electron chi connectivity index (χ3n) is 6.41. The van der Waals surface area contributed by atoms with Crippen molar-refractivity contribution < 1.29 is 27.1 Å². The number of hydrogen-bond acceptors (Lipinski definition) is 6. The number of carbonyl (C=O) groups is 1. The second-order valence-electron chi connectivity index (χ2n) is 9.55. The Labute approximate surface area is 244 Å². The molecule has 2 aromatic carbocycles. The Bertz CT molecular complexity index is 1920. The van der Waals surface area contributed by atoms with Gasteiger partial charge in [0.2, 0.25) is 10.0 Å². The highest BCUT2D eigenvalue weighted by Gasteiger charge is 2.26. The maximum Gasteiger partial charge on any atom is 0.405 e. The van der Waals surface area contributed by atoms with Crippen LogP contribution in [0.3, 0.4) is 0 Å². The highest BCUT2D eigenvalue weighted by molar-refractivity contribution is 7.92. The van der Waals surface area contributed by atoms with E-state index < -0.39 is 33.8 Å². The van der Waals surface area contributed by atoms with E-state index in [2.05, 4.69) is 25.1 Å². The molecule has 14 heteroatoms. The molecule has 216 valence electrons. The largest absolute Gasteiger partial charge is 0.465 e.